The minimum atomic E-state index is -0.426. The molecule has 0 N–H and O–H groups in total. The van der Waals surface area contributed by atoms with Crippen LogP contribution in [0.5, 0.6) is 11.5 Å². The van der Waals surface area contributed by atoms with E-state index in [-0.39, 0.29) is 5.69 Å². The Kier molecular flexibility index (Phi) is 11.3. The molecule has 1 rings (SSSR count). The summed E-state index contributed by atoms with van der Waals surface area (Å²) in [6.45, 7) is 10.4. The molecule has 0 radical (unpaired) electrons. The maximum atomic E-state index is 11.1. The van der Waals surface area contributed by atoms with Crippen LogP contribution in [0.2, 0.25) is 0 Å². The highest BCUT2D eigenvalue weighted by Gasteiger charge is 2.18. The summed E-state index contributed by atoms with van der Waals surface area (Å²) in [6.07, 6.45) is 5.52. The van der Waals surface area contributed by atoms with E-state index in [2.05, 4.69) is 34.7 Å². The normalized spacial score (nSPS) is 11.0. The Morgan fingerprint density at radius 2 is 1.65 bits per heavy atom. The molecule has 0 bridgehead atoms. The summed E-state index contributed by atoms with van der Waals surface area (Å²) in [5, 5.41) is 11.1. The van der Waals surface area contributed by atoms with Gasteiger partial charge in [-0.3, -0.25) is 15.0 Å². The first-order chi connectivity index (χ1) is 12.5. The third-order valence-corrected chi connectivity index (χ3v) is 4.57. The fourth-order valence-electron chi connectivity index (χ4n) is 2.49. The lowest BCUT2D eigenvalue weighted by Gasteiger charge is -2.22. The van der Waals surface area contributed by atoms with Gasteiger partial charge in [-0.2, -0.15) is 0 Å². The Hall–Kier alpha value is -1.34. The van der Waals surface area contributed by atoms with Crippen molar-refractivity contribution in [1.82, 2.24) is 4.90 Å². The highest BCUT2D eigenvalue weighted by atomic mass is 79.9. The summed E-state index contributed by atoms with van der Waals surface area (Å²) in [7, 11) is 0. The maximum Gasteiger partial charge on any atom is 0.274 e. The topological polar surface area (TPSA) is 64.8 Å². The van der Waals surface area contributed by atoms with Crippen molar-refractivity contribution in [3.05, 3.63) is 26.7 Å². The number of halogens is 1. The third-order valence-electron chi connectivity index (χ3n) is 3.98. The highest BCUT2D eigenvalue weighted by molar-refractivity contribution is 9.10. The average Bonchev–Trinajstić information content (AvgIpc) is 2.62. The first-order valence-corrected chi connectivity index (χ1v) is 10.3. The van der Waals surface area contributed by atoms with Crippen molar-refractivity contribution in [2.24, 2.45) is 0 Å². The summed E-state index contributed by atoms with van der Waals surface area (Å²) in [4.78, 5) is 13.1. The van der Waals surface area contributed by atoms with Crippen LogP contribution in [0, 0.1) is 10.1 Å². The molecule has 1 aromatic carbocycles. The number of nitro benzene ring substituents is 1. The van der Waals surface area contributed by atoms with Crippen molar-refractivity contribution >= 4 is 21.6 Å². The maximum absolute atomic E-state index is 11.1. The van der Waals surface area contributed by atoms with Crippen molar-refractivity contribution in [1.29, 1.82) is 0 Å². The van der Waals surface area contributed by atoms with Gasteiger partial charge in [0.15, 0.2) is 11.5 Å². The fourth-order valence-corrected chi connectivity index (χ4v) is 3.04. The fraction of sp³-hybridized carbons (Fsp3) is 0.684. The van der Waals surface area contributed by atoms with E-state index in [9.17, 15) is 10.1 Å². The minimum Gasteiger partial charge on any atom is -0.489 e. The number of non-ortho nitro benzene ring substituents is 1. The monoisotopic (exact) mass is 430 g/mol. The number of nitro groups is 1. The molecular weight excluding hydrogens is 400 g/mol. The standard InChI is InChI=1S/C19H31BrN2O4/c1-4-7-9-21(10-8-5-2)11-13-26-19-17(20)14-16(22(23)24)15-18(19)25-12-6-3/h14-15H,4-13H2,1-3H3. The molecule has 0 atom stereocenters. The summed E-state index contributed by atoms with van der Waals surface area (Å²) >= 11 is 3.39. The second kappa shape index (κ2) is 12.9. The predicted molar refractivity (Wildman–Crippen MR) is 108 cm³/mol. The van der Waals surface area contributed by atoms with Crippen molar-refractivity contribution in [2.45, 2.75) is 52.9 Å². The lowest BCUT2D eigenvalue weighted by Crippen LogP contribution is -2.30. The quantitative estimate of drug-likeness (QED) is 0.290. The molecule has 7 heteroatoms. The number of benzene rings is 1. The van der Waals surface area contributed by atoms with Crippen LogP contribution in [0.15, 0.2) is 16.6 Å². The number of unbranched alkanes of at least 4 members (excludes halogenated alkanes) is 2. The van der Waals surface area contributed by atoms with Crippen LogP contribution in [0.3, 0.4) is 0 Å². The highest BCUT2D eigenvalue weighted by Crippen LogP contribution is 2.39. The molecule has 0 saturated heterocycles. The van der Waals surface area contributed by atoms with E-state index in [1.807, 2.05) is 6.92 Å². The molecule has 0 amide bonds. The Balaban J connectivity index is 2.78. The van der Waals surface area contributed by atoms with Crippen LogP contribution in [0.1, 0.15) is 52.9 Å². The van der Waals surface area contributed by atoms with Crippen LogP contribution in [-0.4, -0.2) is 42.7 Å². The molecule has 0 aliphatic rings. The molecule has 148 valence electrons. The van der Waals surface area contributed by atoms with Crippen molar-refractivity contribution in [3.8, 4) is 11.5 Å². The molecule has 0 aliphatic heterocycles. The van der Waals surface area contributed by atoms with E-state index in [1.165, 1.54) is 37.8 Å². The second-order valence-corrected chi connectivity index (χ2v) is 7.11. The van der Waals surface area contributed by atoms with Gasteiger partial charge < -0.3 is 9.47 Å². The van der Waals surface area contributed by atoms with Crippen molar-refractivity contribution in [2.75, 3.05) is 32.8 Å². The molecular formula is C19H31BrN2O4. The van der Waals surface area contributed by atoms with E-state index in [0.29, 0.717) is 29.2 Å². The Labute approximate surface area is 165 Å². The molecule has 0 saturated carbocycles. The van der Waals surface area contributed by atoms with Gasteiger partial charge in [-0.1, -0.05) is 33.6 Å². The van der Waals surface area contributed by atoms with Gasteiger partial charge in [-0.25, -0.2) is 0 Å². The number of nitrogens with zero attached hydrogens (tertiary/aromatic N) is 2. The van der Waals surface area contributed by atoms with Crippen LogP contribution in [0.25, 0.3) is 0 Å². The zero-order valence-corrected chi connectivity index (χ0v) is 17.7. The van der Waals surface area contributed by atoms with Crippen LogP contribution in [0.4, 0.5) is 5.69 Å². The van der Waals surface area contributed by atoms with Gasteiger partial charge in [0, 0.05) is 12.6 Å². The summed E-state index contributed by atoms with van der Waals surface area (Å²) in [6, 6.07) is 2.89. The van der Waals surface area contributed by atoms with E-state index in [4.69, 9.17) is 9.47 Å². The summed E-state index contributed by atoms with van der Waals surface area (Å²) < 4.78 is 12.2. The van der Waals surface area contributed by atoms with E-state index in [1.54, 1.807) is 0 Å². The Morgan fingerprint density at radius 1 is 1.00 bits per heavy atom. The zero-order chi connectivity index (χ0) is 19.4. The average molecular weight is 431 g/mol. The van der Waals surface area contributed by atoms with Gasteiger partial charge >= 0.3 is 0 Å². The predicted octanol–water partition coefficient (Wildman–Crippen LogP) is 5.43. The Morgan fingerprint density at radius 3 is 2.19 bits per heavy atom. The second-order valence-electron chi connectivity index (χ2n) is 6.26. The lowest BCUT2D eigenvalue weighted by molar-refractivity contribution is -0.385. The largest absolute Gasteiger partial charge is 0.489 e. The van der Waals surface area contributed by atoms with Crippen LogP contribution in [-0.2, 0) is 0 Å². The van der Waals surface area contributed by atoms with E-state index in [0.717, 1.165) is 26.1 Å². The molecule has 0 heterocycles. The first kappa shape index (κ1) is 22.7. The van der Waals surface area contributed by atoms with Gasteiger partial charge in [0.25, 0.3) is 5.69 Å². The summed E-state index contributed by atoms with van der Waals surface area (Å²) in [5.74, 6) is 0.955. The number of hydrogen-bond acceptors (Lipinski definition) is 5. The SMILES string of the molecule is CCCCN(CCCC)CCOc1c(Br)cc([N+](=O)[O-])cc1OCCC. The third kappa shape index (κ3) is 7.91. The molecule has 0 fully saturated rings. The molecule has 0 aromatic heterocycles. The minimum absolute atomic E-state index is 0.0113. The molecule has 0 unspecified atom stereocenters. The zero-order valence-electron chi connectivity index (χ0n) is 16.1. The number of rotatable bonds is 14. The summed E-state index contributed by atoms with van der Waals surface area (Å²) in [5.41, 5.74) is -0.0113. The van der Waals surface area contributed by atoms with Gasteiger partial charge in [-0.15, -0.1) is 0 Å². The van der Waals surface area contributed by atoms with E-state index >= 15 is 0 Å². The van der Waals surface area contributed by atoms with Crippen molar-refractivity contribution in [3.63, 3.8) is 0 Å². The first-order valence-electron chi connectivity index (χ1n) is 9.49. The lowest BCUT2D eigenvalue weighted by atomic mass is 10.2. The molecule has 6 nitrogen and oxygen atoms in total. The van der Waals surface area contributed by atoms with Gasteiger partial charge in [0.2, 0.25) is 0 Å². The van der Waals surface area contributed by atoms with Gasteiger partial charge in [-0.05, 0) is 48.3 Å². The molecule has 1 aromatic rings. The smallest absolute Gasteiger partial charge is 0.274 e. The molecule has 26 heavy (non-hydrogen) atoms. The number of hydrogen-bond donors (Lipinski definition) is 0. The van der Waals surface area contributed by atoms with E-state index < -0.39 is 4.92 Å². The Bertz CT molecular complexity index is 547. The number of ether oxygens (including phenoxy) is 2. The van der Waals surface area contributed by atoms with Crippen molar-refractivity contribution < 1.29 is 14.4 Å². The molecule has 0 spiro atoms. The van der Waals surface area contributed by atoms with Gasteiger partial charge in [0.1, 0.15) is 6.61 Å². The van der Waals surface area contributed by atoms with Crippen LogP contribution < -0.4 is 9.47 Å². The van der Waals surface area contributed by atoms with Gasteiger partial charge in [0.05, 0.1) is 22.1 Å². The molecule has 0 aliphatic carbocycles. The van der Waals surface area contributed by atoms with Crippen LogP contribution >= 0.6 is 15.9 Å².